The number of nitrogens with one attached hydrogen (secondary N) is 2. The molecule has 0 bridgehead atoms. The maximum Gasteiger partial charge on any atom is 0.191 e. The van der Waals surface area contributed by atoms with Gasteiger partial charge in [-0.05, 0) is 44.2 Å². The molecule has 0 atom stereocenters. The van der Waals surface area contributed by atoms with Crippen molar-refractivity contribution in [1.29, 1.82) is 0 Å². The largest absolute Gasteiger partial charge is 0.355 e. The molecule has 1 aromatic rings. The molecule has 0 amide bonds. The Morgan fingerprint density at radius 3 is 2.42 bits per heavy atom. The first-order valence-electron chi connectivity index (χ1n) is 7.38. The number of sulfone groups is 1. The van der Waals surface area contributed by atoms with Gasteiger partial charge in [0.05, 0.1) is 4.75 Å². The van der Waals surface area contributed by atoms with E-state index in [-0.39, 0.29) is 24.0 Å². The highest BCUT2D eigenvalue weighted by molar-refractivity contribution is 14.0. The minimum atomic E-state index is -3.14. The van der Waals surface area contributed by atoms with E-state index in [9.17, 15) is 8.42 Å². The summed E-state index contributed by atoms with van der Waals surface area (Å²) in [5.74, 6) is 0.592. The summed E-state index contributed by atoms with van der Waals surface area (Å²) < 4.78 is 22.6. The molecular weight excluding hydrogens is 457 g/mol. The number of hydrogen-bond acceptors (Lipinski definition) is 4. The van der Waals surface area contributed by atoms with E-state index >= 15 is 0 Å². The summed E-state index contributed by atoms with van der Waals surface area (Å²) in [6.07, 6.45) is 3.31. The van der Waals surface area contributed by atoms with Crippen molar-refractivity contribution in [2.24, 2.45) is 4.99 Å². The van der Waals surface area contributed by atoms with Gasteiger partial charge in [-0.15, -0.1) is 35.7 Å². The zero-order valence-electron chi connectivity index (χ0n) is 15.1. The third kappa shape index (κ3) is 6.79. The maximum atomic E-state index is 11.7. The minimum Gasteiger partial charge on any atom is -0.355 e. The van der Waals surface area contributed by atoms with Crippen molar-refractivity contribution >= 4 is 51.5 Å². The van der Waals surface area contributed by atoms with E-state index in [0.29, 0.717) is 19.0 Å². The number of guanidine groups is 1. The number of halogens is 1. The maximum absolute atomic E-state index is 11.7. The monoisotopic (exact) mass is 485 g/mol. The first-order chi connectivity index (χ1) is 10.6. The standard InChI is InChI=1S/C16H27N3O2S2.HI/c1-12-7-8-13(14(9-12)22-5)10-18-15(17-4)19-11-16(2,3)23(6,20)21;/h7-9H,10-11H2,1-6H3,(H2,17,18,19);1H. The molecule has 2 N–H and O–H groups in total. The molecule has 8 heteroatoms. The summed E-state index contributed by atoms with van der Waals surface area (Å²) in [5, 5.41) is 6.32. The van der Waals surface area contributed by atoms with Crippen molar-refractivity contribution in [2.75, 3.05) is 26.1 Å². The van der Waals surface area contributed by atoms with Gasteiger partial charge in [0, 0.05) is 31.3 Å². The molecule has 0 fully saturated rings. The van der Waals surface area contributed by atoms with Gasteiger partial charge in [0.25, 0.3) is 0 Å². The van der Waals surface area contributed by atoms with Crippen molar-refractivity contribution in [1.82, 2.24) is 10.6 Å². The van der Waals surface area contributed by atoms with Crippen molar-refractivity contribution in [2.45, 2.75) is 37.0 Å². The zero-order chi connectivity index (χ0) is 17.7. The van der Waals surface area contributed by atoms with Crippen LogP contribution < -0.4 is 10.6 Å². The number of benzene rings is 1. The molecule has 0 heterocycles. The van der Waals surface area contributed by atoms with E-state index in [2.05, 4.69) is 47.0 Å². The summed E-state index contributed by atoms with van der Waals surface area (Å²) in [5.41, 5.74) is 2.42. The molecule has 0 saturated carbocycles. The van der Waals surface area contributed by atoms with Gasteiger partial charge in [-0.3, -0.25) is 4.99 Å². The Hall–Kier alpha value is -0.480. The molecule has 0 aliphatic rings. The number of thioether (sulfide) groups is 1. The van der Waals surface area contributed by atoms with Gasteiger partial charge in [0.15, 0.2) is 15.8 Å². The minimum absolute atomic E-state index is 0. The van der Waals surface area contributed by atoms with Crippen LogP contribution >= 0.6 is 35.7 Å². The molecule has 0 aliphatic heterocycles. The van der Waals surface area contributed by atoms with Crippen LogP contribution in [0.25, 0.3) is 0 Å². The third-order valence-electron chi connectivity index (χ3n) is 3.80. The van der Waals surface area contributed by atoms with Crippen LogP contribution in [0.2, 0.25) is 0 Å². The molecule has 5 nitrogen and oxygen atoms in total. The number of nitrogens with zero attached hydrogens (tertiary/aromatic N) is 1. The lowest BCUT2D eigenvalue weighted by atomic mass is 10.1. The predicted molar refractivity (Wildman–Crippen MR) is 115 cm³/mol. The molecule has 24 heavy (non-hydrogen) atoms. The number of rotatable bonds is 6. The van der Waals surface area contributed by atoms with Crippen LogP contribution in [0.4, 0.5) is 0 Å². The lowest BCUT2D eigenvalue weighted by molar-refractivity contribution is 0.544. The Labute approximate surface area is 167 Å². The van der Waals surface area contributed by atoms with Gasteiger partial charge >= 0.3 is 0 Å². The number of aliphatic imine (C=N–C) groups is 1. The Morgan fingerprint density at radius 1 is 1.29 bits per heavy atom. The van der Waals surface area contributed by atoms with Crippen LogP contribution in [0.15, 0.2) is 28.1 Å². The normalized spacial score (nSPS) is 12.5. The Morgan fingerprint density at radius 2 is 1.92 bits per heavy atom. The average Bonchev–Trinajstić information content (AvgIpc) is 2.47. The molecule has 138 valence electrons. The predicted octanol–water partition coefficient (Wildman–Crippen LogP) is 2.82. The fourth-order valence-corrected chi connectivity index (χ4v) is 2.87. The Kier molecular flexibility index (Phi) is 9.66. The second kappa shape index (κ2) is 9.86. The molecule has 0 saturated heterocycles. The van der Waals surface area contributed by atoms with Crippen LogP contribution in [-0.2, 0) is 16.4 Å². The van der Waals surface area contributed by atoms with E-state index in [1.165, 1.54) is 22.3 Å². The van der Waals surface area contributed by atoms with Gasteiger partial charge in [-0.25, -0.2) is 8.42 Å². The van der Waals surface area contributed by atoms with Gasteiger partial charge in [-0.2, -0.15) is 0 Å². The average molecular weight is 485 g/mol. The van der Waals surface area contributed by atoms with Crippen LogP contribution in [0.5, 0.6) is 0 Å². The molecule has 0 aliphatic carbocycles. The van der Waals surface area contributed by atoms with Gasteiger partial charge in [0.1, 0.15) is 0 Å². The highest BCUT2D eigenvalue weighted by atomic mass is 127. The van der Waals surface area contributed by atoms with Crippen LogP contribution in [0.3, 0.4) is 0 Å². The topological polar surface area (TPSA) is 70.6 Å². The van der Waals surface area contributed by atoms with Crippen LogP contribution in [0, 0.1) is 6.92 Å². The van der Waals surface area contributed by atoms with E-state index in [1.807, 2.05) is 0 Å². The van der Waals surface area contributed by atoms with Gasteiger partial charge in [-0.1, -0.05) is 12.1 Å². The molecule has 0 radical (unpaired) electrons. The summed E-state index contributed by atoms with van der Waals surface area (Å²) in [6.45, 7) is 6.41. The van der Waals surface area contributed by atoms with Crippen molar-refractivity contribution in [3.8, 4) is 0 Å². The lowest BCUT2D eigenvalue weighted by Gasteiger charge is -2.24. The molecule has 0 spiro atoms. The molecule has 0 unspecified atom stereocenters. The summed E-state index contributed by atoms with van der Waals surface area (Å²) in [7, 11) is -1.46. The summed E-state index contributed by atoms with van der Waals surface area (Å²) in [4.78, 5) is 5.38. The van der Waals surface area contributed by atoms with Crippen molar-refractivity contribution in [3.63, 3.8) is 0 Å². The van der Waals surface area contributed by atoms with Gasteiger partial charge in [0.2, 0.25) is 0 Å². The first kappa shape index (κ1) is 23.5. The highest BCUT2D eigenvalue weighted by Gasteiger charge is 2.30. The molecular formula is C16H28IN3O2S2. The van der Waals surface area contributed by atoms with E-state index in [4.69, 9.17) is 0 Å². The SMILES string of the molecule is CN=C(NCc1ccc(C)cc1SC)NCC(C)(C)S(C)(=O)=O.I. The third-order valence-corrected chi connectivity index (χ3v) is 6.77. The van der Waals surface area contributed by atoms with E-state index in [0.717, 1.165) is 0 Å². The fourth-order valence-electron chi connectivity index (χ4n) is 1.83. The zero-order valence-corrected chi connectivity index (χ0v) is 19.1. The molecule has 0 aromatic heterocycles. The molecule has 1 rings (SSSR count). The van der Waals surface area contributed by atoms with Gasteiger partial charge < -0.3 is 10.6 Å². The number of hydrogen-bond donors (Lipinski definition) is 2. The smallest absolute Gasteiger partial charge is 0.191 e. The fraction of sp³-hybridized carbons (Fsp3) is 0.562. The summed E-state index contributed by atoms with van der Waals surface area (Å²) in [6, 6.07) is 6.34. The second-order valence-electron chi connectivity index (χ2n) is 6.13. The molecule has 1 aromatic carbocycles. The van der Waals surface area contributed by atoms with E-state index < -0.39 is 14.6 Å². The quantitative estimate of drug-likeness (QED) is 0.281. The highest BCUT2D eigenvalue weighted by Crippen LogP contribution is 2.21. The number of aryl methyl sites for hydroxylation is 1. The van der Waals surface area contributed by atoms with Crippen molar-refractivity contribution in [3.05, 3.63) is 29.3 Å². The first-order valence-corrected chi connectivity index (χ1v) is 10.5. The van der Waals surface area contributed by atoms with Crippen molar-refractivity contribution < 1.29 is 8.42 Å². The van der Waals surface area contributed by atoms with E-state index in [1.54, 1.807) is 32.7 Å². The van der Waals surface area contributed by atoms with Crippen LogP contribution in [0.1, 0.15) is 25.0 Å². The van der Waals surface area contributed by atoms with Crippen LogP contribution in [-0.4, -0.2) is 45.2 Å². The Balaban J connectivity index is 0.00000529. The lowest BCUT2D eigenvalue weighted by Crippen LogP contribution is -2.47. The second-order valence-corrected chi connectivity index (χ2v) is 9.62. The summed E-state index contributed by atoms with van der Waals surface area (Å²) >= 11 is 1.71. The Bertz CT molecular complexity index is 674.